The number of fused-ring (bicyclic) bond motifs is 1. The zero-order valence-electron chi connectivity index (χ0n) is 19.5. The molecule has 10 heteroatoms. The number of tetrazole rings is 1. The van der Waals surface area contributed by atoms with E-state index in [2.05, 4.69) is 43.8 Å². The molecule has 1 N–H and O–H groups in total. The van der Waals surface area contributed by atoms with Crippen molar-refractivity contribution in [3.8, 4) is 5.75 Å². The molecule has 0 aliphatic rings. The van der Waals surface area contributed by atoms with Crippen LogP contribution in [0, 0.1) is 0 Å². The van der Waals surface area contributed by atoms with Gasteiger partial charge in [0.1, 0.15) is 18.1 Å². The highest BCUT2D eigenvalue weighted by atomic mass is 32.1. The number of aromatic nitrogens is 5. The zero-order chi connectivity index (χ0) is 24.2. The van der Waals surface area contributed by atoms with Gasteiger partial charge in [0.15, 0.2) is 5.82 Å². The fourth-order valence-electron chi connectivity index (χ4n) is 4.29. The van der Waals surface area contributed by atoms with E-state index in [4.69, 9.17) is 9.15 Å². The molecule has 0 saturated heterocycles. The molecule has 1 atom stereocenters. The average Bonchev–Trinajstić information content (AvgIpc) is 3.65. The molecular formula is C25H26N6O3S. The number of pyridine rings is 1. The van der Waals surface area contributed by atoms with Gasteiger partial charge in [0.2, 0.25) is 0 Å². The first-order chi connectivity index (χ1) is 17.1. The minimum atomic E-state index is -0.109. The Morgan fingerprint density at radius 3 is 2.86 bits per heavy atom. The topological polar surface area (TPSA) is 102 Å². The smallest absolute Gasteiger partial charge is 0.252 e. The second-order valence-corrected chi connectivity index (χ2v) is 9.29. The average molecular weight is 491 g/mol. The van der Waals surface area contributed by atoms with Gasteiger partial charge in [-0.25, -0.2) is 4.68 Å². The van der Waals surface area contributed by atoms with Crippen LogP contribution >= 0.6 is 11.3 Å². The fourth-order valence-corrected chi connectivity index (χ4v) is 5.02. The summed E-state index contributed by atoms with van der Waals surface area (Å²) < 4.78 is 12.6. The van der Waals surface area contributed by atoms with Crippen LogP contribution in [0.2, 0.25) is 0 Å². The van der Waals surface area contributed by atoms with Gasteiger partial charge in [0.25, 0.3) is 5.56 Å². The summed E-state index contributed by atoms with van der Waals surface area (Å²) in [4.78, 5) is 19.5. The van der Waals surface area contributed by atoms with Crippen LogP contribution in [0.1, 0.15) is 41.4 Å². The van der Waals surface area contributed by atoms with Gasteiger partial charge in [-0.15, -0.1) is 16.4 Å². The summed E-state index contributed by atoms with van der Waals surface area (Å²) in [5.41, 5.74) is 1.34. The molecule has 180 valence electrons. The van der Waals surface area contributed by atoms with Crippen molar-refractivity contribution >= 4 is 22.2 Å². The van der Waals surface area contributed by atoms with Crippen LogP contribution in [0.15, 0.2) is 69.4 Å². The Balaban J connectivity index is 1.51. The summed E-state index contributed by atoms with van der Waals surface area (Å²) in [5.74, 6) is 2.26. The van der Waals surface area contributed by atoms with E-state index in [-0.39, 0.29) is 11.6 Å². The van der Waals surface area contributed by atoms with Crippen molar-refractivity contribution in [2.24, 2.45) is 0 Å². The fraction of sp³-hybridized carbons (Fsp3) is 0.280. The molecule has 0 aliphatic heterocycles. The second kappa shape index (κ2) is 10.2. The zero-order valence-corrected chi connectivity index (χ0v) is 20.4. The number of aromatic amines is 1. The lowest BCUT2D eigenvalue weighted by atomic mass is 10.1. The molecule has 4 heterocycles. The first-order valence-corrected chi connectivity index (χ1v) is 12.3. The minimum Gasteiger partial charge on any atom is -0.497 e. The van der Waals surface area contributed by atoms with Gasteiger partial charge < -0.3 is 14.1 Å². The van der Waals surface area contributed by atoms with Gasteiger partial charge in [0, 0.05) is 34.4 Å². The monoisotopic (exact) mass is 490 g/mol. The third kappa shape index (κ3) is 5.03. The Morgan fingerprint density at radius 1 is 1.20 bits per heavy atom. The van der Waals surface area contributed by atoms with Gasteiger partial charge in [-0.2, -0.15) is 0 Å². The molecule has 0 radical (unpaired) electrons. The lowest BCUT2D eigenvalue weighted by molar-refractivity contribution is 0.162. The Kier molecular flexibility index (Phi) is 6.73. The predicted molar refractivity (Wildman–Crippen MR) is 133 cm³/mol. The third-order valence-corrected chi connectivity index (χ3v) is 6.87. The van der Waals surface area contributed by atoms with Gasteiger partial charge in [0.05, 0.1) is 19.4 Å². The summed E-state index contributed by atoms with van der Waals surface area (Å²) in [6.45, 7) is 3.65. The largest absolute Gasteiger partial charge is 0.497 e. The summed E-state index contributed by atoms with van der Waals surface area (Å²) >= 11 is 1.69. The van der Waals surface area contributed by atoms with Crippen LogP contribution in [0.4, 0.5) is 0 Å². The molecule has 0 bridgehead atoms. The number of nitrogens with zero attached hydrogens (tertiary/aromatic N) is 5. The van der Waals surface area contributed by atoms with Gasteiger partial charge >= 0.3 is 0 Å². The standard InChI is InChI=1S/C25H26N6O3S/c1-3-23(24-27-28-29-31(24)15-20-6-4-10-34-20)30(16-21-7-5-11-35-21)14-18-12-17-13-19(33-2)8-9-22(17)26-25(18)32/h4-13,23H,3,14-16H2,1-2H3,(H,26,32)/t23-/m0/s1. The van der Waals surface area contributed by atoms with Crippen molar-refractivity contribution in [3.05, 3.63) is 92.6 Å². The number of ether oxygens (including phenoxy) is 1. The van der Waals surface area contributed by atoms with Crippen LogP contribution < -0.4 is 10.3 Å². The minimum absolute atomic E-state index is 0.108. The second-order valence-electron chi connectivity index (χ2n) is 8.26. The van der Waals surface area contributed by atoms with E-state index in [1.54, 1.807) is 29.4 Å². The highest BCUT2D eigenvalue weighted by Gasteiger charge is 2.26. The molecule has 9 nitrogen and oxygen atoms in total. The first-order valence-electron chi connectivity index (χ1n) is 11.4. The molecular weight excluding hydrogens is 464 g/mol. The molecule has 0 unspecified atom stereocenters. The number of nitrogens with one attached hydrogen (secondary N) is 1. The number of hydrogen-bond donors (Lipinski definition) is 1. The summed E-state index contributed by atoms with van der Waals surface area (Å²) in [6, 6.07) is 15.4. The molecule has 1 aromatic carbocycles. The van der Waals surface area contributed by atoms with E-state index in [9.17, 15) is 4.79 Å². The van der Waals surface area contributed by atoms with Gasteiger partial charge in [-0.3, -0.25) is 9.69 Å². The lowest BCUT2D eigenvalue weighted by Crippen LogP contribution is -2.32. The van der Waals surface area contributed by atoms with Crippen LogP contribution in [-0.2, 0) is 19.6 Å². The normalized spacial score (nSPS) is 12.4. The lowest BCUT2D eigenvalue weighted by Gasteiger charge is -2.29. The SMILES string of the molecule is CC[C@@H](c1nnnn1Cc1ccco1)N(Cc1cccs1)Cc1cc2cc(OC)ccc2[nH]c1=O. The Hall–Kier alpha value is -3.76. The first kappa shape index (κ1) is 23.0. The van der Waals surface area contributed by atoms with E-state index in [0.717, 1.165) is 34.7 Å². The Labute approximate surface area is 206 Å². The molecule has 35 heavy (non-hydrogen) atoms. The number of thiophene rings is 1. The van der Waals surface area contributed by atoms with E-state index in [0.29, 0.717) is 25.2 Å². The maximum Gasteiger partial charge on any atom is 0.252 e. The van der Waals surface area contributed by atoms with E-state index >= 15 is 0 Å². The summed E-state index contributed by atoms with van der Waals surface area (Å²) in [6.07, 6.45) is 2.41. The van der Waals surface area contributed by atoms with E-state index in [1.165, 1.54) is 4.88 Å². The number of rotatable bonds is 10. The predicted octanol–water partition coefficient (Wildman–Crippen LogP) is 4.38. The molecule has 4 aromatic heterocycles. The van der Waals surface area contributed by atoms with Crippen molar-refractivity contribution in [1.29, 1.82) is 0 Å². The van der Waals surface area contributed by atoms with Crippen LogP contribution in [0.3, 0.4) is 0 Å². The van der Waals surface area contributed by atoms with E-state index < -0.39 is 0 Å². The number of furan rings is 1. The molecule has 5 aromatic rings. The number of hydrogen-bond acceptors (Lipinski definition) is 8. The van der Waals surface area contributed by atoms with Crippen molar-refractivity contribution < 1.29 is 9.15 Å². The summed E-state index contributed by atoms with van der Waals surface area (Å²) in [5, 5.41) is 15.5. The van der Waals surface area contributed by atoms with Crippen LogP contribution in [0.5, 0.6) is 5.75 Å². The molecule has 0 amide bonds. The molecule has 5 rings (SSSR count). The molecule has 0 spiro atoms. The number of H-pyrrole nitrogens is 1. The van der Waals surface area contributed by atoms with Gasteiger partial charge in [-0.1, -0.05) is 13.0 Å². The van der Waals surface area contributed by atoms with Crippen LogP contribution in [-0.4, -0.2) is 37.2 Å². The van der Waals surface area contributed by atoms with E-state index in [1.807, 2.05) is 42.5 Å². The van der Waals surface area contributed by atoms with Crippen molar-refractivity contribution in [3.63, 3.8) is 0 Å². The Morgan fingerprint density at radius 2 is 2.11 bits per heavy atom. The van der Waals surface area contributed by atoms with Crippen LogP contribution in [0.25, 0.3) is 10.9 Å². The molecule has 0 aliphatic carbocycles. The quantitative estimate of drug-likeness (QED) is 0.310. The molecule has 0 saturated carbocycles. The number of benzene rings is 1. The van der Waals surface area contributed by atoms with Crippen molar-refractivity contribution in [2.45, 2.75) is 39.0 Å². The highest BCUT2D eigenvalue weighted by Crippen LogP contribution is 2.28. The summed E-state index contributed by atoms with van der Waals surface area (Å²) in [7, 11) is 1.63. The molecule has 0 fully saturated rings. The van der Waals surface area contributed by atoms with Gasteiger partial charge in [-0.05, 0) is 64.7 Å². The van der Waals surface area contributed by atoms with Crippen molar-refractivity contribution in [1.82, 2.24) is 30.1 Å². The maximum atomic E-state index is 13.0. The highest BCUT2D eigenvalue weighted by molar-refractivity contribution is 7.09. The number of methoxy groups -OCH3 is 1. The maximum absolute atomic E-state index is 13.0. The van der Waals surface area contributed by atoms with Crippen molar-refractivity contribution in [2.75, 3.05) is 7.11 Å². The third-order valence-electron chi connectivity index (χ3n) is 6.01. The Bertz CT molecular complexity index is 1440.